The van der Waals surface area contributed by atoms with Gasteiger partial charge in [-0.25, -0.2) is 0 Å². The summed E-state index contributed by atoms with van der Waals surface area (Å²) >= 11 is 0. The van der Waals surface area contributed by atoms with Gasteiger partial charge < -0.3 is 0 Å². The van der Waals surface area contributed by atoms with Crippen molar-refractivity contribution in [3.05, 3.63) is 182 Å². The third-order valence-electron chi connectivity index (χ3n) is 9.63. The van der Waals surface area contributed by atoms with Gasteiger partial charge in [-0.1, -0.05) is 164 Å². The average molecular weight is 615 g/mol. The molecule has 10 rings (SSSR count). The second kappa shape index (κ2) is 10.7. The molecule has 0 aliphatic carbocycles. The van der Waals surface area contributed by atoms with Gasteiger partial charge in [0.1, 0.15) is 0 Å². The van der Waals surface area contributed by atoms with Crippen LogP contribution < -0.4 is 0 Å². The summed E-state index contributed by atoms with van der Waals surface area (Å²) in [4.78, 5) is 0. The van der Waals surface area contributed by atoms with Gasteiger partial charge in [-0.2, -0.15) is 0 Å². The minimum atomic E-state index is -0.422. The highest BCUT2D eigenvalue weighted by Gasteiger charge is 2.20. The van der Waals surface area contributed by atoms with Gasteiger partial charge in [0.05, 0.1) is 11.0 Å². The lowest BCUT2D eigenvalue weighted by Gasteiger charge is -2.21. The summed E-state index contributed by atoms with van der Waals surface area (Å²) in [6.45, 7) is 0. The van der Waals surface area contributed by atoms with E-state index in [0.29, 0.717) is 22.3 Å². The maximum absolute atomic E-state index is 9.59. The zero-order valence-electron chi connectivity index (χ0n) is 33.7. The van der Waals surface area contributed by atoms with Crippen molar-refractivity contribution < 1.29 is 11.0 Å². The first-order valence-corrected chi connectivity index (χ1v) is 16.0. The van der Waals surface area contributed by atoms with Gasteiger partial charge in [-0.3, -0.25) is 0 Å². The lowest BCUT2D eigenvalue weighted by atomic mass is 9.82. The lowest BCUT2D eigenvalue weighted by Crippen LogP contribution is -1.93. The van der Waals surface area contributed by atoms with Crippen molar-refractivity contribution in [2.75, 3.05) is 0 Å². The predicted molar refractivity (Wildman–Crippen MR) is 208 cm³/mol. The molecule has 0 aliphatic heterocycles. The molecule has 10 aromatic rings. The summed E-state index contributed by atoms with van der Waals surface area (Å²) in [5.74, 6) is 0. The second-order valence-electron chi connectivity index (χ2n) is 12.2. The Bertz CT molecular complexity index is 3270. The zero-order valence-corrected chi connectivity index (χ0v) is 25.7. The van der Waals surface area contributed by atoms with E-state index in [1.54, 1.807) is 0 Å². The van der Waals surface area contributed by atoms with E-state index in [9.17, 15) is 5.48 Å². The Morgan fingerprint density at radius 1 is 0.271 bits per heavy atom. The van der Waals surface area contributed by atoms with E-state index in [4.69, 9.17) is 5.48 Å². The van der Waals surface area contributed by atoms with Crippen LogP contribution in [0, 0.1) is 0 Å². The van der Waals surface area contributed by atoms with Gasteiger partial charge in [0.25, 0.3) is 0 Å². The Balaban J connectivity index is 1.45. The molecule has 0 nitrogen and oxygen atoms in total. The summed E-state index contributed by atoms with van der Waals surface area (Å²) in [7, 11) is 0. The van der Waals surface area contributed by atoms with Crippen molar-refractivity contribution in [2.24, 2.45) is 0 Å². The summed E-state index contributed by atoms with van der Waals surface area (Å²) in [6.07, 6.45) is 0. The predicted octanol–water partition coefficient (Wildman–Crippen LogP) is 13.6. The fourth-order valence-electron chi connectivity index (χ4n) is 7.48. The second-order valence-corrected chi connectivity index (χ2v) is 12.2. The number of benzene rings is 10. The van der Waals surface area contributed by atoms with Gasteiger partial charge >= 0.3 is 0 Å². The third-order valence-corrected chi connectivity index (χ3v) is 9.63. The molecule has 0 spiro atoms. The first kappa shape index (κ1) is 20.1. The molecule has 0 saturated carbocycles. The maximum Gasteiger partial charge on any atom is 0.0629 e. The van der Waals surface area contributed by atoms with Crippen molar-refractivity contribution >= 4 is 64.6 Å². The molecule has 0 radical (unpaired) electrons. The molecule has 0 fully saturated rings. The molecule has 0 heteroatoms. The molecule has 222 valence electrons. The monoisotopic (exact) mass is 614 g/mol. The highest BCUT2D eigenvalue weighted by Crippen LogP contribution is 2.48. The SMILES string of the molecule is [2H]c1c([2H])c([2H])c2c(-c3c4ccccc4cc4c3ccc3ccccc34)c3c([2H])c([2H])c([2H])c([2H])c3c(-c3cccc(-c4ccc5ccccc5c4)c3)c2c1[2H]. The number of hydrogen-bond acceptors (Lipinski definition) is 0. The van der Waals surface area contributed by atoms with Crippen molar-refractivity contribution in [3.63, 3.8) is 0 Å². The Hall–Kier alpha value is -6.24. The van der Waals surface area contributed by atoms with Crippen LogP contribution in [0.3, 0.4) is 0 Å². The van der Waals surface area contributed by atoms with Crippen molar-refractivity contribution in [1.82, 2.24) is 0 Å². The highest BCUT2D eigenvalue weighted by molar-refractivity contribution is 6.29. The molecule has 0 heterocycles. The van der Waals surface area contributed by atoms with Crippen LogP contribution in [0.5, 0.6) is 0 Å². The minimum absolute atomic E-state index is 0.195. The molecule has 0 unspecified atom stereocenters. The zero-order chi connectivity index (χ0) is 38.6. The summed E-state index contributed by atoms with van der Waals surface area (Å²) < 4.78 is 74.1. The number of fused-ring (bicyclic) bond motifs is 7. The van der Waals surface area contributed by atoms with Crippen LogP contribution in [0.15, 0.2) is 182 Å². The van der Waals surface area contributed by atoms with Crippen molar-refractivity contribution in [1.29, 1.82) is 0 Å². The van der Waals surface area contributed by atoms with Crippen LogP contribution in [-0.2, 0) is 0 Å². The van der Waals surface area contributed by atoms with Crippen LogP contribution >= 0.6 is 0 Å². The molecule has 0 saturated heterocycles. The Labute approximate surface area is 290 Å². The first-order chi connectivity index (χ1) is 27.1. The third kappa shape index (κ3) is 4.10. The van der Waals surface area contributed by atoms with Gasteiger partial charge in [0.2, 0.25) is 0 Å². The van der Waals surface area contributed by atoms with Crippen LogP contribution in [0.25, 0.3) is 98.0 Å². The quantitative estimate of drug-likeness (QED) is 0.137. The van der Waals surface area contributed by atoms with Crippen molar-refractivity contribution in [2.45, 2.75) is 0 Å². The Morgan fingerprint density at radius 2 is 0.812 bits per heavy atom. The van der Waals surface area contributed by atoms with Gasteiger partial charge in [0.15, 0.2) is 0 Å². The highest BCUT2D eigenvalue weighted by atomic mass is 14.2. The summed E-state index contributed by atoms with van der Waals surface area (Å²) in [6, 6.07) is 41.2. The molecule has 0 aromatic heterocycles. The van der Waals surface area contributed by atoms with Gasteiger partial charge in [-0.05, 0) is 116 Å². The first-order valence-electron chi connectivity index (χ1n) is 20.0. The van der Waals surface area contributed by atoms with E-state index in [1.807, 2.05) is 97.1 Å². The van der Waals surface area contributed by atoms with Crippen LogP contribution in [0.1, 0.15) is 11.0 Å². The van der Waals surface area contributed by atoms with Crippen LogP contribution in [-0.4, -0.2) is 0 Å². The molecule has 10 aromatic carbocycles. The maximum atomic E-state index is 9.59. The van der Waals surface area contributed by atoms with E-state index in [1.165, 1.54) is 0 Å². The molecule has 0 N–H and O–H groups in total. The van der Waals surface area contributed by atoms with E-state index in [-0.39, 0.29) is 45.7 Å². The summed E-state index contributed by atoms with van der Waals surface area (Å²) in [5.41, 5.74) is 3.68. The fourth-order valence-corrected chi connectivity index (χ4v) is 7.48. The normalized spacial score (nSPS) is 14.1. The number of hydrogen-bond donors (Lipinski definition) is 0. The summed E-state index contributed by atoms with van der Waals surface area (Å²) in [5, 5.41) is 8.39. The van der Waals surface area contributed by atoms with Gasteiger partial charge in [0, 0.05) is 0 Å². The molecular weight excluding hydrogens is 577 g/mol. The Morgan fingerprint density at radius 3 is 1.56 bits per heavy atom. The molecule has 0 amide bonds. The number of rotatable bonds is 3. The molecule has 48 heavy (non-hydrogen) atoms. The topological polar surface area (TPSA) is 0 Å². The van der Waals surface area contributed by atoms with Crippen LogP contribution in [0.4, 0.5) is 0 Å². The average Bonchev–Trinajstić information content (AvgIpc) is 3.24. The lowest BCUT2D eigenvalue weighted by molar-refractivity contribution is 1.63. The largest absolute Gasteiger partial charge is 0.0629 e. The fraction of sp³-hybridized carbons (Fsp3) is 0. The van der Waals surface area contributed by atoms with E-state index >= 15 is 0 Å². The smallest absolute Gasteiger partial charge is 0.0616 e. The van der Waals surface area contributed by atoms with E-state index in [2.05, 4.69) is 36.4 Å². The molecule has 0 aliphatic rings. The standard InChI is InChI=1S/C48H30/c1-2-14-33-28-35(25-24-31(33)12-1)34-16-11-17-37(29-34)46-40-20-7-9-22-42(40)48(43-23-10-8-21-41(43)46)47-39-19-6-4-15-36(39)30-45-38-18-5-3-13-32(38)26-27-44(45)47/h1-30H/i7D,8D,9D,10D,20D,21D,22D,23D. The van der Waals surface area contributed by atoms with Gasteiger partial charge in [-0.15, -0.1) is 0 Å². The minimum Gasteiger partial charge on any atom is -0.0616 e. The molecule has 0 atom stereocenters. The molecule has 0 bridgehead atoms. The van der Waals surface area contributed by atoms with E-state index < -0.39 is 24.2 Å². The molecular formula is C48H30. The van der Waals surface area contributed by atoms with Crippen LogP contribution in [0.2, 0.25) is 0 Å². The Kier molecular flexibility index (Phi) is 4.46. The van der Waals surface area contributed by atoms with Crippen molar-refractivity contribution in [3.8, 4) is 33.4 Å². The van der Waals surface area contributed by atoms with E-state index in [0.717, 1.165) is 54.2 Å².